The standard InChI is InChI=1S/C27H27Cl2N7O2/c1-4-5-6-7-17(2)23-16-34(32-24(23)19-8-10-20(28)11-9-19)26-33-35(15-22-13-12-21(29)14-31-22)27(38)36(26)18(3)25(30)37/h4-14,18,23H,2,15-16H2,1,3H3,(H2,30,37)/b5-4-,7-6-/t18-,23-/m1/s1. The average Bonchev–Trinajstić information content (AvgIpc) is 3.47. The number of carbonyl (C=O) groups excluding carboxylic acids is 1. The molecular weight excluding hydrogens is 525 g/mol. The van der Waals surface area contributed by atoms with Crippen LogP contribution in [0.2, 0.25) is 10.0 Å². The third kappa shape index (κ3) is 5.79. The monoisotopic (exact) mass is 551 g/mol. The van der Waals surface area contributed by atoms with Gasteiger partial charge in [0.2, 0.25) is 11.9 Å². The lowest BCUT2D eigenvalue weighted by Gasteiger charge is -2.18. The normalized spacial score (nSPS) is 16.4. The van der Waals surface area contributed by atoms with Crippen molar-refractivity contribution in [2.24, 2.45) is 16.8 Å². The molecule has 0 radical (unpaired) electrons. The first-order chi connectivity index (χ1) is 18.2. The molecule has 2 N–H and O–H groups in total. The van der Waals surface area contributed by atoms with Gasteiger partial charge in [-0.1, -0.05) is 66.2 Å². The Morgan fingerprint density at radius 2 is 1.89 bits per heavy atom. The number of primary amides is 1. The molecule has 1 amide bonds. The van der Waals surface area contributed by atoms with E-state index in [9.17, 15) is 9.59 Å². The SMILES string of the molecule is C=C(/C=C\C=C/C)[C@H]1CN(c2nn(Cc3ccc(Cl)cn3)c(=O)n2[C@H](C)C(N)=O)N=C1c1ccc(Cl)cc1. The van der Waals surface area contributed by atoms with Crippen molar-refractivity contribution in [3.63, 3.8) is 0 Å². The number of amides is 1. The number of nitrogens with zero attached hydrogens (tertiary/aromatic N) is 6. The number of halogens is 2. The van der Waals surface area contributed by atoms with Crippen LogP contribution in [0.3, 0.4) is 0 Å². The van der Waals surface area contributed by atoms with E-state index in [0.29, 0.717) is 22.3 Å². The Kier molecular flexibility index (Phi) is 8.29. The maximum absolute atomic E-state index is 13.4. The predicted molar refractivity (Wildman–Crippen MR) is 151 cm³/mol. The molecule has 38 heavy (non-hydrogen) atoms. The second-order valence-corrected chi connectivity index (χ2v) is 9.62. The molecule has 3 aromatic rings. The van der Waals surface area contributed by atoms with Crippen molar-refractivity contribution in [2.75, 3.05) is 11.6 Å². The summed E-state index contributed by atoms with van der Waals surface area (Å²) in [7, 11) is 0. The Balaban J connectivity index is 1.79. The molecule has 1 aliphatic heterocycles. The van der Waals surface area contributed by atoms with Gasteiger partial charge in [0.15, 0.2) is 0 Å². The van der Waals surface area contributed by atoms with Gasteiger partial charge in [0.05, 0.1) is 29.5 Å². The van der Waals surface area contributed by atoms with E-state index in [4.69, 9.17) is 34.0 Å². The predicted octanol–water partition coefficient (Wildman–Crippen LogP) is 4.37. The molecule has 2 atom stereocenters. The van der Waals surface area contributed by atoms with Crippen molar-refractivity contribution in [1.82, 2.24) is 19.3 Å². The second kappa shape index (κ2) is 11.6. The van der Waals surface area contributed by atoms with Gasteiger partial charge in [-0.2, -0.15) is 5.10 Å². The zero-order valence-corrected chi connectivity index (χ0v) is 22.5. The Morgan fingerprint density at radius 1 is 1.18 bits per heavy atom. The molecule has 0 saturated heterocycles. The Bertz CT molecular complexity index is 1490. The van der Waals surface area contributed by atoms with Crippen molar-refractivity contribution in [3.05, 3.63) is 111 Å². The van der Waals surface area contributed by atoms with Crippen LogP contribution in [0.15, 0.2) is 88.9 Å². The third-order valence-corrected chi connectivity index (χ3v) is 6.57. The lowest BCUT2D eigenvalue weighted by atomic mass is 9.91. The van der Waals surface area contributed by atoms with Crippen molar-refractivity contribution in [1.29, 1.82) is 0 Å². The number of allylic oxidation sites excluding steroid dienone is 4. The summed E-state index contributed by atoms with van der Waals surface area (Å²) in [5.41, 5.74) is 8.07. The Morgan fingerprint density at radius 3 is 2.53 bits per heavy atom. The topological polar surface area (TPSA) is 111 Å². The molecular formula is C27H27Cl2N7O2. The van der Waals surface area contributed by atoms with E-state index in [1.807, 2.05) is 43.4 Å². The molecule has 0 aliphatic carbocycles. The number of rotatable bonds is 9. The number of anilines is 1. The highest BCUT2D eigenvalue weighted by Crippen LogP contribution is 2.30. The van der Waals surface area contributed by atoms with Crippen LogP contribution in [0.1, 0.15) is 31.1 Å². The summed E-state index contributed by atoms with van der Waals surface area (Å²) in [5, 5.41) is 12.1. The molecule has 0 bridgehead atoms. The van der Waals surface area contributed by atoms with Gasteiger partial charge >= 0.3 is 5.69 Å². The van der Waals surface area contributed by atoms with Gasteiger partial charge in [-0.25, -0.2) is 19.1 Å². The summed E-state index contributed by atoms with van der Waals surface area (Å²) in [6, 6.07) is 9.76. The van der Waals surface area contributed by atoms with Crippen LogP contribution in [-0.4, -0.2) is 37.5 Å². The van der Waals surface area contributed by atoms with Crippen molar-refractivity contribution >= 4 is 40.8 Å². The van der Waals surface area contributed by atoms with E-state index in [-0.39, 0.29) is 18.4 Å². The highest BCUT2D eigenvalue weighted by Gasteiger charge is 2.34. The lowest BCUT2D eigenvalue weighted by molar-refractivity contribution is -0.120. The van der Waals surface area contributed by atoms with E-state index in [1.165, 1.54) is 15.4 Å². The number of carbonyl (C=O) groups is 1. The number of nitrogens with two attached hydrogens (primary N) is 1. The molecule has 196 valence electrons. The average molecular weight is 552 g/mol. The maximum atomic E-state index is 13.4. The van der Waals surface area contributed by atoms with E-state index in [0.717, 1.165) is 16.8 Å². The third-order valence-electron chi connectivity index (χ3n) is 6.10. The Labute approximate surface area is 230 Å². The molecule has 2 aromatic heterocycles. The molecule has 4 rings (SSSR count). The maximum Gasteiger partial charge on any atom is 0.348 e. The Hall–Kier alpha value is -3.95. The summed E-state index contributed by atoms with van der Waals surface area (Å²) in [6.45, 7) is 8.16. The van der Waals surface area contributed by atoms with Crippen LogP contribution < -0.4 is 16.4 Å². The van der Waals surface area contributed by atoms with Crippen LogP contribution in [0.5, 0.6) is 0 Å². The van der Waals surface area contributed by atoms with Gasteiger partial charge < -0.3 is 5.73 Å². The van der Waals surface area contributed by atoms with Crippen molar-refractivity contribution < 1.29 is 4.79 Å². The number of hydrogen-bond donors (Lipinski definition) is 1. The van der Waals surface area contributed by atoms with Crippen LogP contribution in [0.4, 0.5) is 5.95 Å². The highest BCUT2D eigenvalue weighted by atomic mass is 35.5. The van der Waals surface area contributed by atoms with Gasteiger partial charge in [0.25, 0.3) is 0 Å². The molecule has 0 spiro atoms. The van der Waals surface area contributed by atoms with E-state index >= 15 is 0 Å². The van der Waals surface area contributed by atoms with Gasteiger partial charge in [-0.15, -0.1) is 5.10 Å². The molecule has 0 unspecified atom stereocenters. The van der Waals surface area contributed by atoms with Crippen molar-refractivity contribution in [3.8, 4) is 0 Å². The molecule has 1 aliphatic rings. The first-order valence-electron chi connectivity index (χ1n) is 11.9. The van der Waals surface area contributed by atoms with Gasteiger partial charge in [0.1, 0.15) is 6.04 Å². The van der Waals surface area contributed by atoms with Crippen LogP contribution in [-0.2, 0) is 11.3 Å². The van der Waals surface area contributed by atoms with Gasteiger partial charge in [-0.3, -0.25) is 9.78 Å². The fraction of sp³-hybridized carbons (Fsp3) is 0.222. The quantitative estimate of drug-likeness (QED) is 0.397. The highest BCUT2D eigenvalue weighted by molar-refractivity contribution is 6.30. The summed E-state index contributed by atoms with van der Waals surface area (Å²) in [5.74, 6) is -0.698. The second-order valence-electron chi connectivity index (χ2n) is 8.74. The van der Waals surface area contributed by atoms with E-state index < -0.39 is 17.6 Å². The number of pyridine rings is 1. The fourth-order valence-corrected chi connectivity index (χ4v) is 4.25. The first kappa shape index (κ1) is 27.1. The minimum absolute atomic E-state index is 0.0747. The summed E-state index contributed by atoms with van der Waals surface area (Å²) < 4.78 is 2.48. The summed E-state index contributed by atoms with van der Waals surface area (Å²) in [4.78, 5) is 29.8. The van der Waals surface area contributed by atoms with E-state index in [1.54, 1.807) is 36.2 Å². The zero-order chi connectivity index (χ0) is 27.4. The minimum atomic E-state index is -0.963. The number of benzene rings is 1. The smallest absolute Gasteiger partial charge is 0.348 e. The van der Waals surface area contributed by atoms with Crippen molar-refractivity contribution in [2.45, 2.75) is 26.4 Å². The van der Waals surface area contributed by atoms with Gasteiger partial charge in [-0.05, 0) is 49.2 Å². The number of aromatic nitrogens is 4. The molecule has 1 aromatic carbocycles. The summed E-state index contributed by atoms with van der Waals surface area (Å²) >= 11 is 12.1. The van der Waals surface area contributed by atoms with Crippen LogP contribution in [0.25, 0.3) is 0 Å². The minimum Gasteiger partial charge on any atom is -0.368 e. The molecule has 0 fully saturated rings. The molecule has 3 heterocycles. The van der Waals surface area contributed by atoms with Crippen LogP contribution >= 0.6 is 23.2 Å². The largest absolute Gasteiger partial charge is 0.368 e. The van der Waals surface area contributed by atoms with Gasteiger partial charge in [0, 0.05) is 17.1 Å². The molecule has 11 heteroatoms. The van der Waals surface area contributed by atoms with Crippen LogP contribution in [0, 0.1) is 5.92 Å². The zero-order valence-electron chi connectivity index (χ0n) is 21.0. The number of hydrogen-bond acceptors (Lipinski definition) is 6. The lowest BCUT2D eigenvalue weighted by Crippen LogP contribution is -2.35. The first-order valence-corrected chi connectivity index (χ1v) is 12.6. The summed E-state index contributed by atoms with van der Waals surface area (Å²) in [6.07, 6.45) is 9.15. The number of hydrazone groups is 1. The van der Waals surface area contributed by atoms with E-state index in [2.05, 4.69) is 16.7 Å². The molecule has 9 nitrogen and oxygen atoms in total. The fourth-order valence-electron chi connectivity index (χ4n) is 4.01. The molecule has 0 saturated carbocycles.